The predicted molar refractivity (Wildman–Crippen MR) is 55.1 cm³/mol. The maximum atomic E-state index is 11.8. The molecule has 5 nitrogen and oxygen atoms in total. The molecule has 2 N–H and O–H groups in total. The number of fused-ring (bicyclic) bond motifs is 1. The molecular weight excluding hydrogens is 196 g/mol. The van der Waals surface area contributed by atoms with Crippen LogP contribution in [-0.2, 0) is 17.8 Å². The first kappa shape index (κ1) is 9.76. The number of carboxylic acids is 1. The smallest absolute Gasteiger partial charge is 0.322 e. The fourth-order valence-electron chi connectivity index (χ4n) is 1.80. The molecule has 0 aliphatic carbocycles. The molecule has 0 atom stereocenters. The molecule has 0 aromatic carbocycles. The molecule has 0 radical (unpaired) electrons. The number of hydrogen-bond acceptors (Lipinski definition) is 3. The number of carbonyl (C=O) groups is 1. The maximum Gasteiger partial charge on any atom is 0.322 e. The van der Waals surface area contributed by atoms with Gasteiger partial charge in [0.1, 0.15) is 12.2 Å². The van der Waals surface area contributed by atoms with Gasteiger partial charge in [0.2, 0.25) is 0 Å². The summed E-state index contributed by atoms with van der Waals surface area (Å²) in [7, 11) is 0. The number of hydrogen-bond donors (Lipinski definition) is 2. The molecule has 1 aromatic heterocycles. The highest BCUT2D eigenvalue weighted by molar-refractivity contribution is 5.72. The molecule has 0 amide bonds. The fourth-order valence-corrected chi connectivity index (χ4v) is 1.80. The van der Waals surface area contributed by atoms with Gasteiger partial charge >= 0.3 is 5.97 Å². The summed E-state index contributed by atoms with van der Waals surface area (Å²) in [6.07, 6.45) is 1.91. The summed E-state index contributed by atoms with van der Waals surface area (Å²) >= 11 is 0. The second-order valence-electron chi connectivity index (χ2n) is 3.55. The van der Waals surface area contributed by atoms with Crippen molar-refractivity contribution < 1.29 is 9.90 Å². The molecule has 5 heteroatoms. The van der Waals surface area contributed by atoms with Gasteiger partial charge in [0.25, 0.3) is 5.56 Å². The molecule has 0 unspecified atom stereocenters. The monoisotopic (exact) mass is 208 g/mol. The largest absolute Gasteiger partial charge is 0.480 e. The van der Waals surface area contributed by atoms with Gasteiger partial charge in [-0.3, -0.25) is 9.59 Å². The SMILES string of the molecule is O=C(O)CNc1ccc2n(c1=O)CCC2. The van der Waals surface area contributed by atoms with E-state index in [1.54, 1.807) is 10.6 Å². The highest BCUT2D eigenvalue weighted by Gasteiger charge is 2.13. The lowest BCUT2D eigenvalue weighted by molar-refractivity contribution is -0.134. The Kier molecular flexibility index (Phi) is 2.45. The Morgan fingerprint density at radius 3 is 3.07 bits per heavy atom. The van der Waals surface area contributed by atoms with Crippen LogP contribution in [0.1, 0.15) is 12.1 Å². The van der Waals surface area contributed by atoms with Gasteiger partial charge in [-0.2, -0.15) is 0 Å². The first-order valence-corrected chi connectivity index (χ1v) is 4.87. The van der Waals surface area contributed by atoms with Crippen LogP contribution in [-0.4, -0.2) is 22.2 Å². The first-order valence-electron chi connectivity index (χ1n) is 4.87. The maximum absolute atomic E-state index is 11.8. The lowest BCUT2D eigenvalue weighted by Gasteiger charge is -2.07. The lowest BCUT2D eigenvalue weighted by atomic mass is 10.2. The minimum absolute atomic E-state index is 0.119. The van der Waals surface area contributed by atoms with Crippen LogP contribution in [0, 0.1) is 0 Å². The van der Waals surface area contributed by atoms with Crippen molar-refractivity contribution in [3.8, 4) is 0 Å². The van der Waals surface area contributed by atoms with Gasteiger partial charge in [0.15, 0.2) is 0 Å². The quantitative estimate of drug-likeness (QED) is 0.749. The van der Waals surface area contributed by atoms with E-state index in [2.05, 4.69) is 5.32 Å². The van der Waals surface area contributed by atoms with E-state index in [9.17, 15) is 9.59 Å². The van der Waals surface area contributed by atoms with Crippen LogP contribution in [0.2, 0.25) is 0 Å². The zero-order valence-electron chi connectivity index (χ0n) is 8.19. The summed E-state index contributed by atoms with van der Waals surface area (Å²) in [6.45, 7) is 0.505. The number of aliphatic carboxylic acids is 1. The molecular formula is C10H12N2O3. The average Bonchev–Trinajstić information content (AvgIpc) is 2.65. The number of aromatic nitrogens is 1. The van der Waals surface area contributed by atoms with Gasteiger partial charge < -0.3 is 15.0 Å². The van der Waals surface area contributed by atoms with E-state index in [0.29, 0.717) is 5.69 Å². The number of rotatable bonds is 3. The van der Waals surface area contributed by atoms with E-state index in [4.69, 9.17) is 5.11 Å². The van der Waals surface area contributed by atoms with Crippen LogP contribution in [0.4, 0.5) is 5.69 Å². The van der Waals surface area contributed by atoms with Gasteiger partial charge in [0, 0.05) is 12.2 Å². The predicted octanol–water partition coefficient (Wildman–Crippen LogP) is 0.291. The Morgan fingerprint density at radius 2 is 2.33 bits per heavy atom. The van der Waals surface area contributed by atoms with Gasteiger partial charge in [-0.05, 0) is 25.0 Å². The van der Waals surface area contributed by atoms with Crippen LogP contribution in [0.15, 0.2) is 16.9 Å². The lowest BCUT2D eigenvalue weighted by Crippen LogP contribution is -2.25. The summed E-state index contributed by atoms with van der Waals surface area (Å²) in [6, 6.07) is 3.53. The van der Waals surface area contributed by atoms with E-state index < -0.39 is 5.97 Å². The number of nitrogens with zero attached hydrogens (tertiary/aromatic N) is 1. The molecule has 0 fully saturated rings. The van der Waals surface area contributed by atoms with Crippen molar-refractivity contribution in [2.75, 3.05) is 11.9 Å². The molecule has 2 rings (SSSR count). The normalized spacial score (nSPS) is 13.6. The van der Waals surface area contributed by atoms with Crippen molar-refractivity contribution in [2.45, 2.75) is 19.4 Å². The Hall–Kier alpha value is -1.78. The minimum atomic E-state index is -0.972. The third-order valence-corrected chi connectivity index (χ3v) is 2.51. The second kappa shape index (κ2) is 3.76. The van der Waals surface area contributed by atoms with Crippen LogP contribution in [0.3, 0.4) is 0 Å². The minimum Gasteiger partial charge on any atom is -0.480 e. The van der Waals surface area contributed by atoms with E-state index in [1.165, 1.54) is 0 Å². The summed E-state index contributed by atoms with van der Waals surface area (Å²) in [5, 5.41) is 11.1. The van der Waals surface area contributed by atoms with E-state index in [1.807, 2.05) is 6.07 Å². The summed E-state index contributed by atoms with van der Waals surface area (Å²) in [4.78, 5) is 22.1. The van der Waals surface area contributed by atoms with E-state index >= 15 is 0 Å². The van der Waals surface area contributed by atoms with Crippen molar-refractivity contribution in [3.63, 3.8) is 0 Å². The fraction of sp³-hybridized carbons (Fsp3) is 0.400. The molecule has 0 saturated carbocycles. The Balaban J connectivity index is 2.27. The number of nitrogens with one attached hydrogen (secondary N) is 1. The summed E-state index contributed by atoms with van der Waals surface area (Å²) < 4.78 is 1.70. The molecule has 15 heavy (non-hydrogen) atoms. The number of carboxylic acid groups (broad SMARTS) is 1. The van der Waals surface area contributed by atoms with Crippen LogP contribution < -0.4 is 10.9 Å². The summed E-state index contributed by atoms with van der Waals surface area (Å²) in [5.74, 6) is -0.972. The standard InChI is InChI=1S/C10H12N2O3/c13-9(14)6-11-8-4-3-7-2-1-5-12(7)10(8)15/h3-4,11H,1-2,5-6H2,(H,13,14). The zero-order valence-corrected chi connectivity index (χ0v) is 8.19. The molecule has 0 bridgehead atoms. The van der Waals surface area contributed by atoms with Gasteiger partial charge in [-0.1, -0.05) is 0 Å². The third-order valence-electron chi connectivity index (χ3n) is 2.51. The topological polar surface area (TPSA) is 71.3 Å². The van der Waals surface area contributed by atoms with Crippen molar-refractivity contribution in [2.24, 2.45) is 0 Å². The average molecular weight is 208 g/mol. The number of pyridine rings is 1. The number of aryl methyl sites for hydroxylation is 1. The van der Waals surface area contributed by atoms with Gasteiger partial charge in [-0.25, -0.2) is 0 Å². The molecule has 0 saturated heterocycles. The third kappa shape index (κ3) is 1.86. The highest BCUT2D eigenvalue weighted by Crippen LogP contribution is 2.13. The van der Waals surface area contributed by atoms with Crippen LogP contribution in [0.5, 0.6) is 0 Å². The first-order chi connectivity index (χ1) is 7.18. The second-order valence-corrected chi connectivity index (χ2v) is 3.55. The van der Waals surface area contributed by atoms with Crippen molar-refractivity contribution >= 4 is 11.7 Å². The number of anilines is 1. The molecule has 80 valence electrons. The van der Waals surface area contributed by atoms with Crippen LogP contribution in [0.25, 0.3) is 0 Å². The highest BCUT2D eigenvalue weighted by atomic mass is 16.4. The van der Waals surface area contributed by atoms with Gasteiger partial charge in [-0.15, -0.1) is 0 Å². The van der Waals surface area contributed by atoms with E-state index in [-0.39, 0.29) is 12.1 Å². The molecule has 1 aliphatic rings. The van der Waals surface area contributed by atoms with Crippen molar-refractivity contribution in [1.29, 1.82) is 0 Å². The van der Waals surface area contributed by atoms with Gasteiger partial charge in [0.05, 0.1) is 0 Å². The summed E-state index contributed by atoms with van der Waals surface area (Å²) in [5.41, 5.74) is 1.27. The Morgan fingerprint density at radius 1 is 1.53 bits per heavy atom. The molecule has 1 aromatic rings. The molecule has 2 heterocycles. The Labute approximate surface area is 86.3 Å². The van der Waals surface area contributed by atoms with E-state index in [0.717, 1.165) is 25.1 Å². The zero-order chi connectivity index (χ0) is 10.8. The van der Waals surface area contributed by atoms with Crippen molar-refractivity contribution in [3.05, 3.63) is 28.2 Å². The Bertz CT molecular complexity index is 450. The van der Waals surface area contributed by atoms with Crippen LogP contribution >= 0.6 is 0 Å². The molecule has 0 spiro atoms. The van der Waals surface area contributed by atoms with Crippen molar-refractivity contribution in [1.82, 2.24) is 4.57 Å². The molecule has 1 aliphatic heterocycles.